The summed E-state index contributed by atoms with van der Waals surface area (Å²) in [5.41, 5.74) is 5.05. The second-order valence-electron chi connectivity index (χ2n) is 8.91. The minimum atomic E-state index is -0.0515. The Kier molecular flexibility index (Phi) is 6.31. The van der Waals surface area contributed by atoms with Crippen molar-refractivity contribution in [2.24, 2.45) is 0 Å². The highest BCUT2D eigenvalue weighted by atomic mass is 16.2. The molecular weight excluding hydrogens is 400 g/mol. The molecule has 1 aliphatic heterocycles. The van der Waals surface area contributed by atoms with Gasteiger partial charge < -0.3 is 14.4 Å². The fourth-order valence-electron chi connectivity index (χ4n) is 4.57. The van der Waals surface area contributed by atoms with Crippen molar-refractivity contribution in [3.63, 3.8) is 0 Å². The number of amides is 2. The van der Waals surface area contributed by atoms with Gasteiger partial charge in [-0.2, -0.15) is 0 Å². The molecule has 1 aliphatic rings. The minimum absolute atomic E-state index is 0.0515. The summed E-state index contributed by atoms with van der Waals surface area (Å²) in [7, 11) is 1.86. The highest BCUT2D eigenvalue weighted by molar-refractivity contribution is 5.97. The highest BCUT2D eigenvalue weighted by Gasteiger charge is 2.35. The van der Waals surface area contributed by atoms with Crippen LogP contribution in [0, 0.1) is 13.8 Å². The van der Waals surface area contributed by atoms with Crippen molar-refractivity contribution in [2.75, 3.05) is 25.0 Å². The third-order valence-electron chi connectivity index (χ3n) is 6.38. The predicted octanol–water partition coefficient (Wildman–Crippen LogP) is 4.43. The Labute approximate surface area is 189 Å². The van der Waals surface area contributed by atoms with Gasteiger partial charge in [0.1, 0.15) is 12.4 Å². The van der Waals surface area contributed by atoms with Gasteiger partial charge in [0.25, 0.3) is 0 Å². The van der Waals surface area contributed by atoms with E-state index in [0.29, 0.717) is 13.0 Å². The number of fused-ring (bicyclic) bond motifs is 1. The SMILES string of the molecule is CCCCN(C)C(=O)Cn1c(C2CC(=O)N(c3ccc(C)cc3C)C2)nc2ccccc21. The van der Waals surface area contributed by atoms with Gasteiger partial charge >= 0.3 is 0 Å². The third-order valence-corrected chi connectivity index (χ3v) is 6.38. The van der Waals surface area contributed by atoms with E-state index in [1.54, 1.807) is 4.90 Å². The molecule has 1 saturated heterocycles. The van der Waals surface area contributed by atoms with Crippen molar-refractivity contribution in [2.45, 2.75) is 52.5 Å². The molecule has 0 N–H and O–H groups in total. The Morgan fingerprint density at radius 2 is 1.97 bits per heavy atom. The first-order valence-corrected chi connectivity index (χ1v) is 11.5. The highest BCUT2D eigenvalue weighted by Crippen LogP contribution is 2.34. The molecule has 1 fully saturated rings. The van der Waals surface area contributed by atoms with Crippen LogP contribution in [-0.2, 0) is 16.1 Å². The van der Waals surface area contributed by atoms with E-state index in [-0.39, 0.29) is 24.3 Å². The van der Waals surface area contributed by atoms with Crippen LogP contribution >= 0.6 is 0 Å². The third kappa shape index (κ3) is 4.27. The van der Waals surface area contributed by atoms with Crippen LogP contribution in [0.4, 0.5) is 5.69 Å². The van der Waals surface area contributed by atoms with Crippen molar-refractivity contribution in [3.8, 4) is 0 Å². The van der Waals surface area contributed by atoms with Crippen LogP contribution in [0.5, 0.6) is 0 Å². The van der Waals surface area contributed by atoms with Crippen molar-refractivity contribution >= 4 is 28.5 Å². The first-order valence-electron chi connectivity index (χ1n) is 11.5. The maximum Gasteiger partial charge on any atom is 0.242 e. The number of carbonyl (C=O) groups is 2. The fraction of sp³-hybridized carbons (Fsp3) is 0.423. The van der Waals surface area contributed by atoms with Gasteiger partial charge in [0.15, 0.2) is 0 Å². The Bertz CT molecular complexity index is 1150. The number of unbranched alkanes of at least 4 members (excludes halogenated alkanes) is 1. The molecule has 3 aromatic rings. The van der Waals surface area contributed by atoms with Gasteiger partial charge in [-0.25, -0.2) is 4.98 Å². The minimum Gasteiger partial charge on any atom is -0.344 e. The van der Waals surface area contributed by atoms with Gasteiger partial charge in [0.2, 0.25) is 11.8 Å². The van der Waals surface area contributed by atoms with E-state index in [0.717, 1.165) is 47.5 Å². The summed E-state index contributed by atoms with van der Waals surface area (Å²) in [5, 5.41) is 0. The predicted molar refractivity (Wildman–Crippen MR) is 128 cm³/mol. The van der Waals surface area contributed by atoms with Crippen LogP contribution in [-0.4, -0.2) is 46.4 Å². The standard InChI is InChI=1S/C26H32N4O2/c1-5-6-13-28(4)25(32)17-30-23-10-8-7-9-21(23)27-26(30)20-15-24(31)29(16-20)22-12-11-18(2)14-19(22)3/h7-12,14,20H,5-6,13,15-17H2,1-4H3. The average Bonchev–Trinajstić information content (AvgIpc) is 3.32. The zero-order valence-electron chi connectivity index (χ0n) is 19.5. The van der Waals surface area contributed by atoms with Gasteiger partial charge in [-0.15, -0.1) is 0 Å². The molecule has 6 heteroatoms. The van der Waals surface area contributed by atoms with Crippen molar-refractivity contribution in [1.29, 1.82) is 0 Å². The average molecular weight is 433 g/mol. The van der Waals surface area contributed by atoms with E-state index in [1.165, 1.54) is 5.56 Å². The molecule has 2 amide bonds. The number of imidazole rings is 1. The smallest absolute Gasteiger partial charge is 0.242 e. The lowest BCUT2D eigenvalue weighted by atomic mass is 10.1. The summed E-state index contributed by atoms with van der Waals surface area (Å²) in [6.45, 7) is 7.79. The Hall–Kier alpha value is -3.15. The monoisotopic (exact) mass is 432 g/mol. The molecule has 0 spiro atoms. The summed E-state index contributed by atoms with van der Waals surface area (Å²) in [6.07, 6.45) is 2.44. The fourth-order valence-corrected chi connectivity index (χ4v) is 4.57. The summed E-state index contributed by atoms with van der Waals surface area (Å²) in [4.78, 5) is 34.5. The Morgan fingerprint density at radius 1 is 1.19 bits per heavy atom. The lowest BCUT2D eigenvalue weighted by molar-refractivity contribution is -0.130. The van der Waals surface area contributed by atoms with Crippen molar-refractivity contribution in [3.05, 3.63) is 59.4 Å². The molecule has 2 aromatic carbocycles. The number of likely N-dealkylation sites (N-methyl/N-ethyl adjacent to an activating group) is 1. The summed E-state index contributed by atoms with van der Waals surface area (Å²) >= 11 is 0. The first-order chi connectivity index (χ1) is 15.4. The molecule has 2 heterocycles. The first kappa shape index (κ1) is 22.1. The summed E-state index contributed by atoms with van der Waals surface area (Å²) < 4.78 is 2.02. The van der Waals surface area contributed by atoms with Crippen LogP contribution in [0.25, 0.3) is 11.0 Å². The Morgan fingerprint density at radius 3 is 2.72 bits per heavy atom. The van der Waals surface area contributed by atoms with E-state index < -0.39 is 0 Å². The number of carbonyl (C=O) groups excluding carboxylic acids is 2. The zero-order valence-corrected chi connectivity index (χ0v) is 19.5. The van der Waals surface area contributed by atoms with Crippen LogP contribution < -0.4 is 4.90 Å². The molecular formula is C26H32N4O2. The number of anilines is 1. The van der Waals surface area contributed by atoms with Crippen LogP contribution in [0.3, 0.4) is 0 Å². The maximum atomic E-state index is 13.0. The van der Waals surface area contributed by atoms with Gasteiger partial charge in [-0.3, -0.25) is 9.59 Å². The van der Waals surface area contributed by atoms with Gasteiger partial charge in [0.05, 0.1) is 11.0 Å². The number of hydrogen-bond acceptors (Lipinski definition) is 3. The van der Waals surface area contributed by atoms with E-state index in [9.17, 15) is 9.59 Å². The lowest BCUT2D eigenvalue weighted by Gasteiger charge is -2.21. The number of hydrogen-bond donors (Lipinski definition) is 0. The molecule has 4 rings (SSSR count). The number of nitrogens with zero attached hydrogens (tertiary/aromatic N) is 4. The molecule has 1 atom stereocenters. The normalized spacial score (nSPS) is 16.2. The molecule has 32 heavy (non-hydrogen) atoms. The molecule has 1 aromatic heterocycles. The van der Waals surface area contributed by atoms with E-state index in [1.807, 2.05) is 59.8 Å². The number of benzene rings is 2. The number of para-hydroxylation sites is 2. The summed E-state index contributed by atoms with van der Waals surface area (Å²) in [5.74, 6) is 0.943. The van der Waals surface area contributed by atoms with Gasteiger partial charge in [0, 0.05) is 38.2 Å². The number of rotatable bonds is 7. The van der Waals surface area contributed by atoms with E-state index >= 15 is 0 Å². The number of aromatic nitrogens is 2. The van der Waals surface area contributed by atoms with Crippen LogP contribution in [0.15, 0.2) is 42.5 Å². The second-order valence-corrected chi connectivity index (χ2v) is 8.91. The van der Waals surface area contributed by atoms with Crippen LogP contribution in [0.1, 0.15) is 49.1 Å². The topological polar surface area (TPSA) is 58.4 Å². The second kappa shape index (κ2) is 9.15. The molecule has 6 nitrogen and oxygen atoms in total. The molecule has 0 radical (unpaired) electrons. The summed E-state index contributed by atoms with van der Waals surface area (Å²) in [6, 6.07) is 14.1. The van der Waals surface area contributed by atoms with Gasteiger partial charge in [-0.1, -0.05) is 43.2 Å². The largest absolute Gasteiger partial charge is 0.344 e. The van der Waals surface area contributed by atoms with Crippen LogP contribution in [0.2, 0.25) is 0 Å². The lowest BCUT2D eigenvalue weighted by Crippen LogP contribution is -2.32. The maximum absolute atomic E-state index is 13.0. The van der Waals surface area contributed by atoms with Gasteiger partial charge in [-0.05, 0) is 44.0 Å². The van der Waals surface area contributed by atoms with E-state index in [2.05, 4.69) is 19.9 Å². The number of aryl methyl sites for hydroxylation is 2. The van der Waals surface area contributed by atoms with Crippen molar-refractivity contribution in [1.82, 2.24) is 14.5 Å². The molecule has 168 valence electrons. The zero-order chi connectivity index (χ0) is 22.8. The molecule has 1 unspecified atom stereocenters. The molecule has 0 aliphatic carbocycles. The quantitative estimate of drug-likeness (QED) is 0.555. The van der Waals surface area contributed by atoms with E-state index in [4.69, 9.17) is 4.98 Å². The molecule has 0 bridgehead atoms. The molecule has 0 saturated carbocycles. The Balaban J connectivity index is 1.65. The van der Waals surface area contributed by atoms with Crippen molar-refractivity contribution < 1.29 is 9.59 Å².